The number of H-pyrrole nitrogens is 1. The zero-order chi connectivity index (χ0) is 16.5. The monoisotopic (exact) mass is 345 g/mol. The molecule has 0 saturated carbocycles. The first kappa shape index (κ1) is 15.5. The largest absolute Gasteiger partial charge is 0.365 e. The van der Waals surface area contributed by atoms with Gasteiger partial charge in [0.2, 0.25) is 0 Å². The summed E-state index contributed by atoms with van der Waals surface area (Å²) < 4.78 is 13.4. The van der Waals surface area contributed by atoms with Crippen molar-refractivity contribution in [2.45, 2.75) is 31.8 Å². The smallest absolute Gasteiger partial charge is 0.182 e. The van der Waals surface area contributed by atoms with Crippen LogP contribution in [-0.4, -0.2) is 33.4 Å². The number of likely N-dealkylation sites (tertiary alicyclic amines) is 1. The molecule has 1 saturated heterocycles. The molecular formula is C17H20FN5S. The molecule has 3 heterocycles. The second-order valence-corrected chi connectivity index (χ2v) is 7.02. The van der Waals surface area contributed by atoms with Gasteiger partial charge in [-0.3, -0.25) is 4.90 Å². The standard InChI is InChI=1S/C17H20FN5S/c1-19-17-20-12(10-24-17)9-23-7-3-2-4-15(23)16-21-13-6-5-11(18)8-14(13)22-16/h5-6,8,10,15H,2-4,7,9H2,1H3,(H,19,20)(H,21,22)/t15-/m1/s1. The first-order valence-corrected chi connectivity index (χ1v) is 9.12. The Balaban J connectivity index is 1.60. The summed E-state index contributed by atoms with van der Waals surface area (Å²) in [6.45, 7) is 1.84. The summed E-state index contributed by atoms with van der Waals surface area (Å²) in [5.74, 6) is 0.694. The minimum Gasteiger partial charge on any atom is -0.365 e. The molecule has 0 amide bonds. The maximum Gasteiger partial charge on any atom is 0.182 e. The Morgan fingerprint density at radius 3 is 3.12 bits per heavy atom. The average Bonchev–Trinajstić information content (AvgIpc) is 3.21. The molecule has 1 aromatic carbocycles. The van der Waals surface area contributed by atoms with E-state index in [0.29, 0.717) is 0 Å². The SMILES string of the molecule is CNc1nc(CN2CCCC[C@@H]2c2nc3ccc(F)cc3[nH]2)cs1. The zero-order valence-electron chi connectivity index (χ0n) is 13.6. The topological polar surface area (TPSA) is 56.8 Å². The fourth-order valence-corrected chi connectivity index (χ4v) is 4.01. The lowest BCUT2D eigenvalue weighted by Crippen LogP contribution is -2.33. The quantitative estimate of drug-likeness (QED) is 0.752. The van der Waals surface area contributed by atoms with E-state index in [4.69, 9.17) is 4.98 Å². The van der Waals surface area contributed by atoms with Crippen molar-refractivity contribution in [3.05, 3.63) is 40.9 Å². The fourth-order valence-electron chi connectivity index (χ4n) is 3.35. The number of nitrogens with one attached hydrogen (secondary N) is 2. The first-order chi connectivity index (χ1) is 11.7. The lowest BCUT2D eigenvalue weighted by molar-refractivity contribution is 0.133. The third kappa shape index (κ3) is 3.01. The van der Waals surface area contributed by atoms with Gasteiger partial charge in [0, 0.05) is 19.0 Å². The number of rotatable bonds is 4. The van der Waals surface area contributed by atoms with E-state index in [1.807, 2.05) is 7.05 Å². The molecule has 4 rings (SSSR count). The molecule has 3 aromatic rings. The van der Waals surface area contributed by atoms with Crippen LogP contribution in [-0.2, 0) is 6.54 Å². The Morgan fingerprint density at radius 1 is 1.38 bits per heavy atom. The molecule has 1 fully saturated rings. The molecule has 0 radical (unpaired) electrons. The highest BCUT2D eigenvalue weighted by Gasteiger charge is 2.27. The average molecular weight is 345 g/mol. The van der Waals surface area contributed by atoms with Crippen molar-refractivity contribution in [3.63, 3.8) is 0 Å². The van der Waals surface area contributed by atoms with Gasteiger partial charge in [-0.2, -0.15) is 0 Å². The normalized spacial score (nSPS) is 19.0. The van der Waals surface area contributed by atoms with Crippen LogP contribution in [0.5, 0.6) is 0 Å². The Morgan fingerprint density at radius 2 is 2.29 bits per heavy atom. The van der Waals surface area contributed by atoms with Gasteiger partial charge in [-0.1, -0.05) is 6.42 Å². The van der Waals surface area contributed by atoms with Crippen LogP contribution < -0.4 is 5.32 Å². The number of hydrogen-bond acceptors (Lipinski definition) is 5. The summed E-state index contributed by atoms with van der Waals surface area (Å²) in [5.41, 5.74) is 2.67. The van der Waals surface area contributed by atoms with E-state index in [2.05, 4.69) is 25.6 Å². The molecule has 0 spiro atoms. The van der Waals surface area contributed by atoms with Crippen LogP contribution in [0.1, 0.15) is 36.8 Å². The lowest BCUT2D eigenvalue weighted by Gasteiger charge is -2.33. The molecule has 1 aliphatic rings. The van der Waals surface area contributed by atoms with E-state index < -0.39 is 0 Å². The molecule has 5 nitrogen and oxygen atoms in total. The van der Waals surface area contributed by atoms with Crippen molar-refractivity contribution in [2.24, 2.45) is 0 Å². The molecule has 1 aliphatic heterocycles. The number of hydrogen-bond donors (Lipinski definition) is 2. The molecule has 2 N–H and O–H groups in total. The van der Waals surface area contributed by atoms with Crippen molar-refractivity contribution in [3.8, 4) is 0 Å². The van der Waals surface area contributed by atoms with E-state index in [9.17, 15) is 4.39 Å². The highest BCUT2D eigenvalue weighted by atomic mass is 32.1. The molecule has 2 aromatic heterocycles. The summed E-state index contributed by atoms with van der Waals surface area (Å²) in [5, 5.41) is 6.13. The first-order valence-electron chi connectivity index (χ1n) is 8.24. The van der Waals surface area contributed by atoms with Crippen LogP contribution in [0.15, 0.2) is 23.6 Å². The number of thiazole rings is 1. The molecule has 24 heavy (non-hydrogen) atoms. The van der Waals surface area contributed by atoms with Gasteiger partial charge in [0.15, 0.2) is 5.13 Å². The van der Waals surface area contributed by atoms with Gasteiger partial charge in [-0.15, -0.1) is 11.3 Å². The molecule has 0 bridgehead atoms. The highest BCUT2D eigenvalue weighted by Crippen LogP contribution is 2.32. The number of benzene rings is 1. The highest BCUT2D eigenvalue weighted by molar-refractivity contribution is 7.13. The van der Waals surface area contributed by atoms with E-state index in [-0.39, 0.29) is 11.9 Å². The third-order valence-corrected chi connectivity index (χ3v) is 5.43. The second kappa shape index (κ2) is 6.49. The van der Waals surface area contributed by atoms with Crippen LogP contribution >= 0.6 is 11.3 Å². The fraction of sp³-hybridized carbons (Fsp3) is 0.412. The molecule has 126 valence electrons. The second-order valence-electron chi connectivity index (χ2n) is 6.16. The number of halogens is 1. The summed E-state index contributed by atoms with van der Waals surface area (Å²) in [6.07, 6.45) is 3.44. The van der Waals surface area contributed by atoms with Gasteiger partial charge in [0.1, 0.15) is 11.6 Å². The molecular weight excluding hydrogens is 325 g/mol. The maximum absolute atomic E-state index is 13.4. The number of piperidine rings is 1. The summed E-state index contributed by atoms with van der Waals surface area (Å²) >= 11 is 1.63. The van der Waals surface area contributed by atoms with Gasteiger partial charge < -0.3 is 10.3 Å². The van der Waals surface area contributed by atoms with Gasteiger partial charge in [0.05, 0.1) is 22.8 Å². The van der Waals surface area contributed by atoms with Crippen molar-refractivity contribution < 1.29 is 4.39 Å². The van der Waals surface area contributed by atoms with Gasteiger partial charge in [-0.25, -0.2) is 14.4 Å². The number of imidazole rings is 1. The van der Waals surface area contributed by atoms with Crippen molar-refractivity contribution in [1.82, 2.24) is 19.9 Å². The summed E-state index contributed by atoms with van der Waals surface area (Å²) in [6, 6.07) is 4.94. The minimum absolute atomic E-state index is 0.231. The third-order valence-electron chi connectivity index (χ3n) is 4.52. The number of aromatic amines is 1. The van der Waals surface area contributed by atoms with Gasteiger partial charge in [-0.05, 0) is 37.6 Å². The number of anilines is 1. The van der Waals surface area contributed by atoms with E-state index in [0.717, 1.165) is 47.2 Å². The molecule has 0 unspecified atom stereocenters. The number of aromatic nitrogens is 3. The van der Waals surface area contributed by atoms with E-state index >= 15 is 0 Å². The van der Waals surface area contributed by atoms with Gasteiger partial charge >= 0.3 is 0 Å². The van der Waals surface area contributed by atoms with Crippen LogP contribution in [0.25, 0.3) is 11.0 Å². The van der Waals surface area contributed by atoms with Crippen LogP contribution in [0.2, 0.25) is 0 Å². The van der Waals surface area contributed by atoms with Gasteiger partial charge in [0.25, 0.3) is 0 Å². The van der Waals surface area contributed by atoms with Crippen molar-refractivity contribution in [2.75, 3.05) is 18.9 Å². The number of fused-ring (bicyclic) bond motifs is 1. The van der Waals surface area contributed by atoms with Crippen molar-refractivity contribution in [1.29, 1.82) is 0 Å². The molecule has 1 atom stereocenters. The Bertz CT molecular complexity index is 842. The van der Waals surface area contributed by atoms with Crippen LogP contribution in [0.4, 0.5) is 9.52 Å². The zero-order valence-corrected chi connectivity index (χ0v) is 14.4. The number of nitrogens with zero attached hydrogens (tertiary/aromatic N) is 3. The van der Waals surface area contributed by atoms with Crippen LogP contribution in [0, 0.1) is 5.82 Å². The Labute approximate surface area is 143 Å². The lowest BCUT2D eigenvalue weighted by atomic mass is 10.0. The Kier molecular flexibility index (Phi) is 4.20. The molecule has 7 heteroatoms. The summed E-state index contributed by atoms with van der Waals surface area (Å²) in [4.78, 5) is 15.0. The van der Waals surface area contributed by atoms with Crippen LogP contribution in [0.3, 0.4) is 0 Å². The Hall–Kier alpha value is -1.99. The molecule has 0 aliphatic carbocycles. The maximum atomic E-state index is 13.4. The summed E-state index contributed by atoms with van der Waals surface area (Å²) in [7, 11) is 1.89. The predicted octanol–water partition coefficient (Wildman–Crippen LogP) is 3.93. The van der Waals surface area contributed by atoms with Crippen molar-refractivity contribution >= 4 is 27.5 Å². The predicted molar refractivity (Wildman–Crippen MR) is 94.7 cm³/mol. The van der Waals surface area contributed by atoms with E-state index in [1.165, 1.54) is 25.0 Å². The minimum atomic E-state index is -0.236. The van der Waals surface area contributed by atoms with E-state index in [1.54, 1.807) is 17.4 Å².